The van der Waals surface area contributed by atoms with Crippen molar-refractivity contribution in [2.75, 3.05) is 13.7 Å². The molecule has 0 unspecified atom stereocenters. The molecule has 1 aromatic carbocycles. The number of amides is 2. The van der Waals surface area contributed by atoms with Gasteiger partial charge in [-0.2, -0.15) is 0 Å². The zero-order chi connectivity index (χ0) is 20.4. The van der Waals surface area contributed by atoms with Gasteiger partial charge in [0.1, 0.15) is 0 Å². The third-order valence-corrected chi connectivity index (χ3v) is 5.53. The number of rotatable bonds is 5. The van der Waals surface area contributed by atoms with Gasteiger partial charge >= 0.3 is 5.97 Å². The molecular formula is C21H22N2O4S. The number of thioether (sulfide) groups is 1. The number of nitrogens with zero attached hydrogens (tertiary/aromatic N) is 2. The number of hydrogen-bond donors (Lipinski definition) is 0. The lowest BCUT2D eigenvalue weighted by Crippen LogP contribution is -2.28. The van der Waals surface area contributed by atoms with E-state index in [2.05, 4.69) is 0 Å². The van der Waals surface area contributed by atoms with Gasteiger partial charge in [-0.15, -0.1) is 0 Å². The van der Waals surface area contributed by atoms with Crippen LogP contribution in [0.2, 0.25) is 0 Å². The van der Waals surface area contributed by atoms with E-state index in [0.29, 0.717) is 17.0 Å². The summed E-state index contributed by atoms with van der Waals surface area (Å²) in [6, 6.07) is 9.12. The molecule has 0 spiro atoms. The Labute approximate surface area is 168 Å². The lowest BCUT2D eigenvalue weighted by molar-refractivity contribution is -0.122. The third kappa shape index (κ3) is 3.62. The highest BCUT2D eigenvalue weighted by Gasteiger charge is 2.34. The second-order valence-electron chi connectivity index (χ2n) is 6.53. The molecule has 146 valence electrons. The van der Waals surface area contributed by atoms with Crippen molar-refractivity contribution in [3.05, 3.63) is 57.8 Å². The van der Waals surface area contributed by atoms with Crippen molar-refractivity contribution in [3.8, 4) is 5.69 Å². The van der Waals surface area contributed by atoms with Crippen LogP contribution in [0.4, 0.5) is 4.79 Å². The van der Waals surface area contributed by atoms with Gasteiger partial charge in [-0.05, 0) is 74.0 Å². The SMILES string of the molecule is CCCN1C(=O)S/C(=C/c2cc(C)n(-c3ccc(C(=O)OC)cc3)c2C)C1=O. The van der Waals surface area contributed by atoms with E-state index in [4.69, 9.17) is 4.74 Å². The average molecular weight is 398 g/mol. The lowest BCUT2D eigenvalue weighted by Gasteiger charge is -2.10. The summed E-state index contributed by atoms with van der Waals surface area (Å²) in [5, 5.41) is -0.217. The third-order valence-electron chi connectivity index (χ3n) is 4.62. The van der Waals surface area contributed by atoms with Crippen LogP contribution >= 0.6 is 11.8 Å². The molecule has 3 rings (SSSR count). The first-order valence-corrected chi connectivity index (χ1v) is 9.82. The summed E-state index contributed by atoms with van der Waals surface area (Å²) in [4.78, 5) is 37.9. The van der Waals surface area contributed by atoms with Gasteiger partial charge in [0.05, 0.1) is 17.6 Å². The minimum atomic E-state index is -0.379. The molecule has 0 aliphatic carbocycles. The monoisotopic (exact) mass is 398 g/mol. The predicted molar refractivity (Wildman–Crippen MR) is 110 cm³/mol. The quantitative estimate of drug-likeness (QED) is 0.554. The lowest BCUT2D eigenvalue weighted by atomic mass is 10.2. The normalized spacial score (nSPS) is 15.6. The number of imide groups is 1. The first-order valence-electron chi connectivity index (χ1n) is 9.00. The van der Waals surface area contributed by atoms with Crippen LogP contribution in [0.5, 0.6) is 0 Å². The summed E-state index contributed by atoms with van der Waals surface area (Å²) < 4.78 is 6.78. The highest BCUT2D eigenvalue weighted by atomic mass is 32.2. The number of methoxy groups -OCH3 is 1. The van der Waals surface area contributed by atoms with E-state index in [1.54, 1.807) is 18.2 Å². The van der Waals surface area contributed by atoms with E-state index < -0.39 is 0 Å². The summed E-state index contributed by atoms with van der Waals surface area (Å²) in [6.45, 7) is 6.31. The van der Waals surface area contributed by atoms with E-state index in [1.165, 1.54) is 12.0 Å². The Bertz CT molecular complexity index is 973. The molecule has 1 fully saturated rings. The van der Waals surface area contributed by atoms with Crippen molar-refractivity contribution in [2.45, 2.75) is 27.2 Å². The fourth-order valence-corrected chi connectivity index (χ4v) is 4.11. The molecule has 1 aromatic heterocycles. The molecule has 28 heavy (non-hydrogen) atoms. The highest BCUT2D eigenvalue weighted by molar-refractivity contribution is 8.18. The number of carbonyl (C=O) groups is 3. The van der Waals surface area contributed by atoms with Gasteiger partial charge in [-0.1, -0.05) is 6.92 Å². The maximum atomic E-state index is 12.5. The van der Waals surface area contributed by atoms with Gasteiger partial charge in [-0.25, -0.2) is 4.79 Å². The topological polar surface area (TPSA) is 68.6 Å². The minimum Gasteiger partial charge on any atom is -0.465 e. The van der Waals surface area contributed by atoms with Crippen LogP contribution in [0.1, 0.15) is 40.7 Å². The molecule has 6 nitrogen and oxygen atoms in total. The summed E-state index contributed by atoms with van der Waals surface area (Å²) in [7, 11) is 1.35. The minimum absolute atomic E-state index is 0.217. The van der Waals surface area contributed by atoms with Crippen LogP contribution in [0.25, 0.3) is 11.8 Å². The number of ether oxygens (including phenoxy) is 1. The molecule has 0 N–H and O–H groups in total. The fraction of sp³-hybridized carbons (Fsp3) is 0.286. The molecule has 0 radical (unpaired) electrons. The Kier molecular flexibility index (Phi) is 5.74. The van der Waals surface area contributed by atoms with Gasteiger partial charge in [0.2, 0.25) is 0 Å². The second kappa shape index (κ2) is 8.06. The Hall–Kier alpha value is -2.80. The molecule has 7 heteroatoms. The van der Waals surface area contributed by atoms with E-state index >= 15 is 0 Å². The number of carbonyl (C=O) groups excluding carboxylic acids is 3. The van der Waals surface area contributed by atoms with Gasteiger partial charge in [0.25, 0.3) is 11.1 Å². The molecule has 0 bridgehead atoms. The van der Waals surface area contributed by atoms with Crippen molar-refractivity contribution < 1.29 is 19.1 Å². The molecule has 2 aromatic rings. The number of aryl methyl sites for hydroxylation is 1. The van der Waals surface area contributed by atoms with Gasteiger partial charge in [0.15, 0.2) is 0 Å². The van der Waals surface area contributed by atoms with Crippen LogP contribution in [0.3, 0.4) is 0 Å². The second-order valence-corrected chi connectivity index (χ2v) is 7.53. The smallest absolute Gasteiger partial charge is 0.337 e. The maximum absolute atomic E-state index is 12.5. The van der Waals surface area contributed by atoms with Crippen LogP contribution in [0.15, 0.2) is 35.2 Å². The molecular weight excluding hydrogens is 376 g/mol. The van der Waals surface area contributed by atoms with Crippen molar-refractivity contribution >= 4 is 35.0 Å². The molecule has 0 atom stereocenters. The Morgan fingerprint density at radius 1 is 1.18 bits per heavy atom. The molecule has 0 saturated carbocycles. The van der Waals surface area contributed by atoms with Crippen molar-refractivity contribution in [1.82, 2.24) is 9.47 Å². The predicted octanol–water partition coefficient (Wildman–Crippen LogP) is 4.33. The van der Waals surface area contributed by atoms with Crippen molar-refractivity contribution in [2.24, 2.45) is 0 Å². The molecule has 1 aliphatic rings. The first-order chi connectivity index (χ1) is 13.4. The standard InChI is InChI=1S/C21H22N2O4S/c1-5-10-22-19(24)18(28-21(22)26)12-16-11-13(2)23(14(16)3)17-8-6-15(7-9-17)20(25)27-4/h6-9,11-12H,5,10H2,1-4H3/b18-12+. The van der Waals surface area contributed by atoms with Crippen LogP contribution < -0.4 is 0 Å². The van der Waals surface area contributed by atoms with E-state index in [9.17, 15) is 14.4 Å². The molecule has 2 amide bonds. The number of benzene rings is 1. The van der Waals surface area contributed by atoms with Crippen molar-refractivity contribution in [1.29, 1.82) is 0 Å². The largest absolute Gasteiger partial charge is 0.465 e. The summed E-state index contributed by atoms with van der Waals surface area (Å²) in [5.74, 6) is -0.611. The summed E-state index contributed by atoms with van der Waals surface area (Å²) in [5.41, 5.74) is 4.21. The van der Waals surface area contributed by atoms with Crippen LogP contribution in [-0.2, 0) is 9.53 Å². The molecule has 1 aliphatic heterocycles. The summed E-state index contributed by atoms with van der Waals surface area (Å²) >= 11 is 0.982. The maximum Gasteiger partial charge on any atom is 0.337 e. The van der Waals surface area contributed by atoms with E-state index in [0.717, 1.165) is 40.8 Å². The zero-order valence-corrected chi connectivity index (χ0v) is 17.1. The van der Waals surface area contributed by atoms with Gasteiger partial charge in [0, 0.05) is 23.6 Å². The molecule has 2 heterocycles. The Balaban J connectivity index is 1.94. The molecule has 1 saturated heterocycles. The first kappa shape index (κ1) is 19.9. The van der Waals surface area contributed by atoms with E-state index in [1.807, 2.05) is 43.5 Å². The van der Waals surface area contributed by atoms with E-state index in [-0.39, 0.29) is 17.1 Å². The Morgan fingerprint density at radius 3 is 2.46 bits per heavy atom. The number of aromatic nitrogens is 1. The average Bonchev–Trinajstić information content (AvgIpc) is 3.11. The van der Waals surface area contributed by atoms with Crippen LogP contribution in [0, 0.1) is 13.8 Å². The fourth-order valence-electron chi connectivity index (χ4n) is 3.25. The van der Waals surface area contributed by atoms with Gasteiger partial charge < -0.3 is 9.30 Å². The highest BCUT2D eigenvalue weighted by Crippen LogP contribution is 2.33. The number of esters is 1. The number of hydrogen-bond acceptors (Lipinski definition) is 5. The Morgan fingerprint density at radius 2 is 1.86 bits per heavy atom. The van der Waals surface area contributed by atoms with Gasteiger partial charge in [-0.3, -0.25) is 14.5 Å². The van der Waals surface area contributed by atoms with Crippen LogP contribution in [-0.4, -0.2) is 40.2 Å². The summed E-state index contributed by atoms with van der Waals surface area (Å²) in [6.07, 6.45) is 2.52. The van der Waals surface area contributed by atoms with Crippen molar-refractivity contribution in [3.63, 3.8) is 0 Å². The zero-order valence-electron chi connectivity index (χ0n) is 16.3.